The van der Waals surface area contributed by atoms with Crippen LogP contribution in [0.25, 0.3) is 10.8 Å². The topological polar surface area (TPSA) is 91.0 Å². The number of ether oxygens (including phenoxy) is 3. The molecule has 162 valence electrons. The van der Waals surface area contributed by atoms with Gasteiger partial charge in [-0.2, -0.15) is 0 Å². The van der Waals surface area contributed by atoms with Crippen molar-refractivity contribution < 1.29 is 24.1 Å². The summed E-state index contributed by atoms with van der Waals surface area (Å²) in [5.74, 6) is -1.02. The third kappa shape index (κ3) is 8.81. The highest BCUT2D eigenvalue weighted by Crippen LogP contribution is 2.27. The number of anilines is 1. The number of aliphatic hydroxyl groups is 1. The Bertz CT molecular complexity index is 751. The Morgan fingerprint density at radius 3 is 2.24 bits per heavy atom. The highest BCUT2D eigenvalue weighted by molar-refractivity contribution is 5.90. The van der Waals surface area contributed by atoms with Crippen molar-refractivity contribution in [2.75, 3.05) is 32.3 Å². The molecule has 0 aliphatic rings. The van der Waals surface area contributed by atoms with Gasteiger partial charge in [0.25, 0.3) is 0 Å². The second kappa shape index (κ2) is 12.4. The quantitative estimate of drug-likeness (QED) is 0.299. The van der Waals surface area contributed by atoms with E-state index in [1.807, 2.05) is 71.0 Å². The van der Waals surface area contributed by atoms with Crippen LogP contribution in [0.15, 0.2) is 36.4 Å². The number of hydrogen-bond acceptors (Lipinski definition) is 6. The van der Waals surface area contributed by atoms with E-state index >= 15 is 0 Å². The highest BCUT2D eigenvalue weighted by Gasteiger charge is 2.26. The van der Waals surface area contributed by atoms with Crippen molar-refractivity contribution >= 4 is 22.4 Å². The minimum Gasteiger partial charge on any atom is -0.460 e. The van der Waals surface area contributed by atoms with Gasteiger partial charge in [0, 0.05) is 18.9 Å². The number of nitrogen functional groups attached to an aromatic ring is 1. The molecule has 0 aliphatic heterocycles. The van der Waals surface area contributed by atoms with Crippen LogP contribution in [0, 0.1) is 5.92 Å². The summed E-state index contributed by atoms with van der Waals surface area (Å²) in [6, 6.07) is 11.7. The smallest absolute Gasteiger partial charge is 0.312 e. The van der Waals surface area contributed by atoms with Gasteiger partial charge in [0.2, 0.25) is 0 Å². The van der Waals surface area contributed by atoms with Crippen molar-refractivity contribution in [1.82, 2.24) is 0 Å². The van der Waals surface area contributed by atoms with Crippen molar-refractivity contribution in [2.45, 2.75) is 46.6 Å². The van der Waals surface area contributed by atoms with E-state index in [9.17, 15) is 9.90 Å². The molecule has 6 heteroatoms. The summed E-state index contributed by atoms with van der Waals surface area (Å²) in [5.41, 5.74) is 7.01. The van der Waals surface area contributed by atoms with E-state index < -0.39 is 17.5 Å². The SMILES string of the molecule is CC(C)(C)OC(=O)C(CO)Cc1c(N)ccc2ccccc12.CCOCOCC. The van der Waals surface area contributed by atoms with E-state index in [4.69, 9.17) is 19.9 Å². The van der Waals surface area contributed by atoms with Crippen LogP contribution in [0.5, 0.6) is 0 Å². The van der Waals surface area contributed by atoms with Gasteiger partial charge >= 0.3 is 5.97 Å². The molecule has 0 heterocycles. The summed E-state index contributed by atoms with van der Waals surface area (Å²) in [6.07, 6.45) is 0.360. The van der Waals surface area contributed by atoms with Crippen LogP contribution in [-0.2, 0) is 25.4 Å². The van der Waals surface area contributed by atoms with E-state index in [-0.39, 0.29) is 6.61 Å². The lowest BCUT2D eigenvalue weighted by molar-refractivity contribution is -0.161. The normalized spacial score (nSPS) is 12.2. The minimum absolute atomic E-state index is 0.266. The van der Waals surface area contributed by atoms with Crippen molar-refractivity contribution in [2.24, 2.45) is 5.92 Å². The first-order valence-corrected chi connectivity index (χ1v) is 9.98. The van der Waals surface area contributed by atoms with Crippen LogP contribution in [0.1, 0.15) is 40.2 Å². The molecule has 2 rings (SSSR count). The molecule has 0 fully saturated rings. The maximum absolute atomic E-state index is 12.2. The maximum atomic E-state index is 12.2. The average molecular weight is 406 g/mol. The van der Waals surface area contributed by atoms with Gasteiger partial charge < -0.3 is 25.1 Å². The van der Waals surface area contributed by atoms with Crippen molar-refractivity contribution in [3.05, 3.63) is 42.0 Å². The molecule has 0 saturated carbocycles. The first-order valence-electron chi connectivity index (χ1n) is 9.98. The molecular formula is C23H35NO5. The number of nitrogens with two attached hydrogens (primary N) is 1. The zero-order chi connectivity index (χ0) is 21.9. The van der Waals surface area contributed by atoms with Gasteiger partial charge in [0.1, 0.15) is 12.4 Å². The number of esters is 1. The fourth-order valence-corrected chi connectivity index (χ4v) is 2.66. The van der Waals surface area contributed by atoms with Gasteiger partial charge in [0.05, 0.1) is 12.5 Å². The molecule has 0 aromatic heterocycles. The first-order chi connectivity index (χ1) is 13.7. The maximum Gasteiger partial charge on any atom is 0.312 e. The number of hydrogen-bond donors (Lipinski definition) is 2. The Kier molecular flexibility index (Phi) is 10.7. The minimum atomic E-state index is -0.618. The van der Waals surface area contributed by atoms with Gasteiger partial charge in [-0.05, 0) is 63.4 Å². The molecule has 1 atom stereocenters. The molecule has 0 aliphatic carbocycles. The third-order valence-electron chi connectivity index (χ3n) is 4.06. The van der Waals surface area contributed by atoms with Gasteiger partial charge in [-0.25, -0.2) is 0 Å². The van der Waals surface area contributed by atoms with Gasteiger partial charge in [-0.15, -0.1) is 0 Å². The summed E-state index contributed by atoms with van der Waals surface area (Å²) in [4.78, 5) is 12.2. The summed E-state index contributed by atoms with van der Waals surface area (Å²) in [6.45, 7) is 11.0. The summed E-state index contributed by atoms with van der Waals surface area (Å²) < 4.78 is 15.1. The standard InChI is InChI=1S/C18H23NO3.C5H12O2/c1-18(2,3)22-17(21)13(11-20)10-15-14-7-5-4-6-12(14)8-9-16(15)19;1-3-6-5-7-4-2/h4-9,13,20H,10-11,19H2,1-3H3;3-5H2,1-2H3. The third-order valence-corrected chi connectivity index (χ3v) is 4.06. The zero-order valence-electron chi connectivity index (χ0n) is 18.2. The fraction of sp³-hybridized carbons (Fsp3) is 0.522. The summed E-state index contributed by atoms with van der Waals surface area (Å²) in [5, 5.41) is 11.6. The molecule has 0 spiro atoms. The summed E-state index contributed by atoms with van der Waals surface area (Å²) in [7, 11) is 0. The lowest BCUT2D eigenvalue weighted by Gasteiger charge is -2.23. The highest BCUT2D eigenvalue weighted by atomic mass is 16.7. The molecule has 2 aromatic carbocycles. The fourth-order valence-electron chi connectivity index (χ4n) is 2.66. The molecule has 0 amide bonds. The lowest BCUT2D eigenvalue weighted by atomic mass is 9.93. The van der Waals surface area contributed by atoms with E-state index in [1.165, 1.54) is 0 Å². The zero-order valence-corrected chi connectivity index (χ0v) is 18.2. The van der Waals surface area contributed by atoms with Crippen LogP contribution in [0.4, 0.5) is 5.69 Å². The molecular weight excluding hydrogens is 370 g/mol. The van der Waals surface area contributed by atoms with Crippen LogP contribution in [-0.4, -0.2) is 43.3 Å². The van der Waals surface area contributed by atoms with E-state index in [0.717, 1.165) is 29.5 Å². The first kappa shape index (κ1) is 24.9. The van der Waals surface area contributed by atoms with Crippen molar-refractivity contribution in [1.29, 1.82) is 0 Å². The van der Waals surface area contributed by atoms with Crippen molar-refractivity contribution in [3.8, 4) is 0 Å². The Morgan fingerprint density at radius 2 is 1.69 bits per heavy atom. The average Bonchev–Trinajstić information content (AvgIpc) is 2.67. The Balaban J connectivity index is 0.000000516. The van der Waals surface area contributed by atoms with E-state index in [0.29, 0.717) is 18.9 Å². The second-order valence-corrected chi connectivity index (χ2v) is 7.58. The predicted octanol–water partition coefficient (Wildman–Crippen LogP) is 3.93. The number of carbonyl (C=O) groups is 1. The number of benzene rings is 2. The predicted molar refractivity (Wildman–Crippen MR) is 117 cm³/mol. The molecule has 29 heavy (non-hydrogen) atoms. The molecule has 0 saturated heterocycles. The van der Waals surface area contributed by atoms with E-state index in [1.54, 1.807) is 0 Å². The van der Waals surface area contributed by atoms with Crippen molar-refractivity contribution in [3.63, 3.8) is 0 Å². The Morgan fingerprint density at radius 1 is 1.07 bits per heavy atom. The molecule has 6 nitrogen and oxygen atoms in total. The Hall–Kier alpha value is -2.15. The molecule has 0 radical (unpaired) electrons. The van der Waals surface area contributed by atoms with Crippen LogP contribution < -0.4 is 5.73 Å². The number of carbonyl (C=O) groups excluding carboxylic acids is 1. The molecule has 1 unspecified atom stereocenters. The van der Waals surface area contributed by atoms with Crippen LogP contribution in [0.3, 0.4) is 0 Å². The molecule has 0 bridgehead atoms. The number of rotatable bonds is 8. The second-order valence-electron chi connectivity index (χ2n) is 7.58. The van der Waals surface area contributed by atoms with Gasteiger partial charge in [0.15, 0.2) is 0 Å². The monoisotopic (exact) mass is 405 g/mol. The Labute approximate surface area is 173 Å². The molecule has 3 N–H and O–H groups in total. The van der Waals surface area contributed by atoms with Crippen LogP contribution >= 0.6 is 0 Å². The molecule has 2 aromatic rings. The summed E-state index contributed by atoms with van der Waals surface area (Å²) >= 11 is 0. The number of aliphatic hydroxyl groups excluding tert-OH is 1. The lowest BCUT2D eigenvalue weighted by Crippen LogP contribution is -2.31. The van der Waals surface area contributed by atoms with Gasteiger partial charge in [-0.1, -0.05) is 30.3 Å². The number of fused-ring (bicyclic) bond motifs is 1. The largest absolute Gasteiger partial charge is 0.460 e. The van der Waals surface area contributed by atoms with Crippen LogP contribution in [0.2, 0.25) is 0 Å². The van der Waals surface area contributed by atoms with E-state index in [2.05, 4.69) is 0 Å². The van der Waals surface area contributed by atoms with Gasteiger partial charge in [-0.3, -0.25) is 4.79 Å².